The average molecular weight is 1250 g/mol. The Morgan fingerprint density at radius 1 is 0.391 bits per heavy atom. The number of carbonyl (C=O) groups excluding carboxylic acids is 1. The van der Waals surface area contributed by atoms with Gasteiger partial charge in [-0.25, -0.2) is 0 Å². The second kappa shape index (κ2) is 69.1. The van der Waals surface area contributed by atoms with Crippen molar-refractivity contribution < 1.29 is 32.9 Å². The number of phosphoric ester groups is 1. The summed E-state index contributed by atoms with van der Waals surface area (Å²) in [5.41, 5.74) is 0. The van der Waals surface area contributed by atoms with Crippen LogP contribution in [0.25, 0.3) is 0 Å². The highest BCUT2D eigenvalue weighted by atomic mass is 31.2. The molecule has 0 aliphatic carbocycles. The number of allylic oxidation sites excluding steroid dienone is 5. The molecule has 0 aliphatic rings. The molecular formula is C78H153N2O6P. The Bertz CT molecular complexity index is 1510. The van der Waals surface area contributed by atoms with Crippen LogP contribution in [0, 0.1) is 0 Å². The predicted octanol–water partition coefficient (Wildman–Crippen LogP) is 24.5. The van der Waals surface area contributed by atoms with E-state index in [1.54, 1.807) is 6.08 Å². The third-order valence-corrected chi connectivity index (χ3v) is 19.0. The van der Waals surface area contributed by atoms with E-state index in [1.165, 1.54) is 340 Å². The fourth-order valence-electron chi connectivity index (χ4n) is 12.1. The fraction of sp³-hybridized carbons (Fsp3) is 0.910. The maximum atomic E-state index is 13.0. The van der Waals surface area contributed by atoms with Gasteiger partial charge in [-0.1, -0.05) is 391 Å². The van der Waals surface area contributed by atoms with E-state index in [0.717, 1.165) is 44.9 Å². The van der Waals surface area contributed by atoms with Crippen molar-refractivity contribution in [3.8, 4) is 0 Å². The summed E-state index contributed by atoms with van der Waals surface area (Å²) >= 11 is 0. The third kappa shape index (κ3) is 72.0. The van der Waals surface area contributed by atoms with Crippen molar-refractivity contribution in [2.45, 2.75) is 418 Å². The lowest BCUT2D eigenvalue weighted by atomic mass is 10.0. The topological polar surface area (TPSA) is 108 Å². The molecular weight excluding hydrogens is 1090 g/mol. The van der Waals surface area contributed by atoms with Gasteiger partial charge in [-0.15, -0.1) is 0 Å². The number of nitrogens with one attached hydrogen (secondary N) is 1. The van der Waals surface area contributed by atoms with Crippen molar-refractivity contribution in [1.82, 2.24) is 5.32 Å². The lowest BCUT2D eigenvalue weighted by molar-refractivity contribution is -0.870. The number of amides is 1. The standard InChI is InChI=1S/C78H153N2O6P/c1-6-8-10-12-14-16-18-20-22-24-26-28-30-32-33-34-35-36-37-38-39-40-41-42-43-44-45-46-47-48-50-52-54-56-58-60-62-64-66-68-70-72-78(82)79-76(75-86-87(83,84)85-74-73-80(3,4)5)77(81)71-69-67-65-63-61-59-57-55-53-51-49-31-29-27-25-23-21-19-17-15-13-11-9-7-2/h53,55,61,63,69,71,76-77,81H,6-52,54,56-60,62,64-68,70,72-75H2,1-5H3,(H-,79,82,83,84)/b55-53+,63-61+,71-69+. The molecule has 0 aromatic carbocycles. The van der Waals surface area contributed by atoms with Crippen molar-refractivity contribution >= 4 is 13.7 Å². The Balaban J connectivity index is 3.93. The molecule has 0 aliphatic heterocycles. The second-order valence-electron chi connectivity index (χ2n) is 28.1. The first-order valence-electron chi connectivity index (χ1n) is 38.9. The zero-order valence-electron chi connectivity index (χ0n) is 59.3. The maximum Gasteiger partial charge on any atom is 0.268 e. The minimum atomic E-state index is -4.62. The Morgan fingerprint density at radius 2 is 0.644 bits per heavy atom. The van der Waals surface area contributed by atoms with E-state index in [4.69, 9.17) is 9.05 Å². The second-order valence-corrected chi connectivity index (χ2v) is 29.5. The average Bonchev–Trinajstić information content (AvgIpc) is 3.70. The number of nitrogens with zero attached hydrogens (tertiary/aromatic N) is 1. The molecule has 0 saturated heterocycles. The zero-order valence-corrected chi connectivity index (χ0v) is 60.2. The summed E-state index contributed by atoms with van der Waals surface area (Å²) in [6.07, 6.45) is 93.3. The Morgan fingerprint density at radius 3 is 0.931 bits per heavy atom. The lowest BCUT2D eigenvalue weighted by Gasteiger charge is -2.29. The summed E-state index contributed by atoms with van der Waals surface area (Å²) < 4.78 is 23.5. The molecule has 3 atom stereocenters. The van der Waals surface area contributed by atoms with Gasteiger partial charge in [0.25, 0.3) is 7.82 Å². The normalized spacial score (nSPS) is 13.7. The quantitative estimate of drug-likeness (QED) is 0.0272. The molecule has 2 N–H and O–H groups in total. The van der Waals surface area contributed by atoms with Crippen molar-refractivity contribution in [2.24, 2.45) is 0 Å². The summed E-state index contributed by atoms with van der Waals surface area (Å²) in [5.74, 6) is -0.203. The molecule has 8 nitrogen and oxygen atoms in total. The first kappa shape index (κ1) is 85.7. The molecule has 0 aromatic heterocycles. The van der Waals surface area contributed by atoms with Gasteiger partial charge in [0.05, 0.1) is 39.9 Å². The SMILES string of the molecule is CCCCCCCCCCCCCCCC/C=C/CC/C=C/CC/C=C/C(O)C(COP(=O)([O-])OCC[N+](C)(C)C)NC(=O)CCCCCCCCCCCCCCCCCCCCCCCCCCCCCCCCCCCCCCCCCCC. The van der Waals surface area contributed by atoms with Gasteiger partial charge in [0.15, 0.2) is 0 Å². The van der Waals surface area contributed by atoms with Crippen molar-refractivity contribution in [1.29, 1.82) is 0 Å². The molecule has 0 fully saturated rings. The van der Waals surface area contributed by atoms with Gasteiger partial charge in [0, 0.05) is 6.42 Å². The van der Waals surface area contributed by atoms with Gasteiger partial charge < -0.3 is 28.8 Å². The first-order chi connectivity index (χ1) is 42.5. The molecule has 0 aromatic rings. The van der Waals surface area contributed by atoms with E-state index in [-0.39, 0.29) is 12.5 Å². The van der Waals surface area contributed by atoms with Crippen LogP contribution in [0.2, 0.25) is 0 Å². The van der Waals surface area contributed by atoms with E-state index in [9.17, 15) is 19.4 Å². The van der Waals surface area contributed by atoms with Crippen LogP contribution >= 0.6 is 7.82 Å². The minimum Gasteiger partial charge on any atom is -0.756 e. The van der Waals surface area contributed by atoms with Crippen LogP contribution in [-0.2, 0) is 18.4 Å². The Labute approximate surface area is 544 Å². The van der Waals surface area contributed by atoms with E-state index in [0.29, 0.717) is 17.4 Å². The van der Waals surface area contributed by atoms with Gasteiger partial charge in [-0.2, -0.15) is 0 Å². The number of likely N-dealkylation sites (N-methyl/N-ethyl adjacent to an activating group) is 1. The molecule has 0 heterocycles. The number of unbranched alkanes of at least 4 members (excludes halogenated alkanes) is 56. The van der Waals surface area contributed by atoms with Gasteiger partial charge >= 0.3 is 0 Å². The Hall–Kier alpha value is -1.28. The van der Waals surface area contributed by atoms with Crippen molar-refractivity contribution in [3.63, 3.8) is 0 Å². The van der Waals surface area contributed by atoms with Gasteiger partial charge in [0.2, 0.25) is 5.91 Å². The molecule has 1 amide bonds. The van der Waals surface area contributed by atoms with Crippen LogP contribution in [0.5, 0.6) is 0 Å². The number of rotatable bonds is 73. The predicted molar refractivity (Wildman–Crippen MR) is 381 cm³/mol. The van der Waals surface area contributed by atoms with E-state index in [1.807, 2.05) is 27.2 Å². The molecule has 516 valence electrons. The van der Waals surface area contributed by atoms with Crippen LogP contribution in [0.15, 0.2) is 36.5 Å². The fourth-order valence-corrected chi connectivity index (χ4v) is 12.8. The van der Waals surface area contributed by atoms with Gasteiger partial charge in [-0.3, -0.25) is 9.36 Å². The highest BCUT2D eigenvalue weighted by Crippen LogP contribution is 2.38. The number of quaternary nitrogens is 1. The summed E-state index contributed by atoms with van der Waals surface area (Å²) in [6, 6.07) is -0.910. The molecule has 0 bridgehead atoms. The maximum absolute atomic E-state index is 13.0. The van der Waals surface area contributed by atoms with Crippen LogP contribution < -0.4 is 10.2 Å². The number of hydrogen-bond acceptors (Lipinski definition) is 6. The molecule has 0 saturated carbocycles. The minimum absolute atomic E-state index is 0.00704. The largest absolute Gasteiger partial charge is 0.756 e. The highest BCUT2D eigenvalue weighted by Gasteiger charge is 2.23. The number of hydrogen-bond donors (Lipinski definition) is 2. The van der Waals surface area contributed by atoms with E-state index >= 15 is 0 Å². The molecule has 3 unspecified atom stereocenters. The smallest absolute Gasteiger partial charge is 0.268 e. The molecule has 0 rings (SSSR count). The monoisotopic (exact) mass is 1250 g/mol. The number of aliphatic hydroxyl groups excluding tert-OH is 1. The molecule has 9 heteroatoms. The summed E-state index contributed by atoms with van der Waals surface area (Å²) in [6.45, 7) is 4.68. The number of carbonyl (C=O) groups is 1. The highest BCUT2D eigenvalue weighted by molar-refractivity contribution is 7.45. The molecule has 0 radical (unpaired) electrons. The van der Waals surface area contributed by atoms with Gasteiger partial charge in [-0.05, 0) is 44.9 Å². The van der Waals surface area contributed by atoms with Crippen molar-refractivity contribution in [2.75, 3.05) is 40.9 Å². The molecule has 0 spiro atoms. The number of phosphoric acid groups is 1. The Kier molecular flexibility index (Phi) is 68.1. The summed E-state index contributed by atoms with van der Waals surface area (Å²) in [7, 11) is 1.25. The van der Waals surface area contributed by atoms with Crippen LogP contribution in [-0.4, -0.2) is 68.5 Å². The number of aliphatic hydroxyl groups is 1. The van der Waals surface area contributed by atoms with Gasteiger partial charge in [0.1, 0.15) is 13.2 Å². The van der Waals surface area contributed by atoms with Crippen LogP contribution in [0.4, 0.5) is 0 Å². The lowest BCUT2D eigenvalue weighted by Crippen LogP contribution is -2.45. The molecule has 87 heavy (non-hydrogen) atoms. The van der Waals surface area contributed by atoms with Crippen molar-refractivity contribution in [3.05, 3.63) is 36.5 Å². The first-order valence-corrected chi connectivity index (χ1v) is 40.3. The van der Waals surface area contributed by atoms with E-state index in [2.05, 4.69) is 43.5 Å². The van der Waals surface area contributed by atoms with Crippen LogP contribution in [0.1, 0.15) is 406 Å². The zero-order chi connectivity index (χ0) is 63.4. The van der Waals surface area contributed by atoms with Crippen LogP contribution in [0.3, 0.4) is 0 Å². The van der Waals surface area contributed by atoms with E-state index < -0.39 is 26.6 Å². The summed E-state index contributed by atoms with van der Waals surface area (Å²) in [4.78, 5) is 25.6. The summed E-state index contributed by atoms with van der Waals surface area (Å²) in [5, 5.41) is 13.9. The third-order valence-electron chi connectivity index (χ3n) is 18.1.